The smallest absolute Gasteiger partial charge is 0.322 e. The van der Waals surface area contributed by atoms with E-state index in [4.69, 9.17) is 4.74 Å². The Bertz CT molecular complexity index is 786. The summed E-state index contributed by atoms with van der Waals surface area (Å²) >= 11 is 0. The summed E-state index contributed by atoms with van der Waals surface area (Å²) in [4.78, 5) is 31.0. The number of carbonyl (C=O) groups excluding carboxylic acids is 2. The topological polar surface area (TPSA) is 66.3 Å². The lowest BCUT2D eigenvalue weighted by Crippen LogP contribution is -3.14. The first-order valence-corrected chi connectivity index (χ1v) is 9.86. The van der Waals surface area contributed by atoms with Crippen molar-refractivity contribution in [2.24, 2.45) is 0 Å². The van der Waals surface area contributed by atoms with Crippen molar-refractivity contribution in [1.82, 2.24) is 15.1 Å². The molecule has 3 aliphatic heterocycles. The molecule has 0 aromatic heterocycles. The van der Waals surface area contributed by atoms with Gasteiger partial charge in [0.25, 0.3) is 5.91 Å². The van der Waals surface area contributed by atoms with Crippen LogP contribution in [-0.2, 0) is 9.53 Å². The van der Waals surface area contributed by atoms with Gasteiger partial charge >= 0.3 is 6.03 Å². The van der Waals surface area contributed by atoms with E-state index < -0.39 is 6.04 Å². The average Bonchev–Trinajstić information content (AvgIpc) is 3.06. The number of urea groups is 1. The van der Waals surface area contributed by atoms with Crippen LogP contribution in [0.5, 0.6) is 0 Å². The molecule has 0 aliphatic carbocycles. The Morgan fingerprint density at radius 2 is 1.96 bits per heavy atom. The van der Waals surface area contributed by atoms with Crippen molar-refractivity contribution in [2.75, 3.05) is 52.5 Å². The number of morpholine rings is 1. The number of hydrogen-bond acceptors (Lipinski definition) is 3. The molecule has 28 heavy (non-hydrogen) atoms. The molecule has 0 unspecified atom stereocenters. The van der Waals surface area contributed by atoms with Gasteiger partial charge in [-0.3, -0.25) is 9.69 Å². The van der Waals surface area contributed by atoms with Crippen LogP contribution in [0.25, 0.3) is 0 Å². The predicted octanol–water partition coefficient (Wildman–Crippen LogP) is -0.0497. The Hall–Kier alpha value is -2.64. The number of rotatable bonds is 6. The van der Waals surface area contributed by atoms with Gasteiger partial charge in [-0.05, 0) is 5.56 Å². The monoisotopic (exact) mass is 383 g/mol. The summed E-state index contributed by atoms with van der Waals surface area (Å²) in [5.41, 5.74) is 2.42. The molecular formula is C21H27N4O3+. The number of hydrogen-bond donors (Lipinski definition) is 2. The van der Waals surface area contributed by atoms with Gasteiger partial charge < -0.3 is 19.9 Å². The van der Waals surface area contributed by atoms with E-state index in [1.54, 1.807) is 11.0 Å². The predicted molar refractivity (Wildman–Crippen MR) is 105 cm³/mol. The number of benzene rings is 1. The van der Waals surface area contributed by atoms with E-state index in [-0.39, 0.29) is 11.9 Å². The highest BCUT2D eigenvalue weighted by Gasteiger charge is 2.43. The zero-order chi connectivity index (χ0) is 19.5. The molecule has 3 aliphatic rings. The molecular weight excluding hydrogens is 356 g/mol. The molecule has 1 aromatic rings. The van der Waals surface area contributed by atoms with E-state index in [2.05, 4.69) is 11.9 Å². The minimum Gasteiger partial charge on any atom is -0.370 e. The normalized spacial score (nSPS) is 23.1. The van der Waals surface area contributed by atoms with E-state index >= 15 is 0 Å². The van der Waals surface area contributed by atoms with Gasteiger partial charge in [-0.25, -0.2) is 4.79 Å². The lowest BCUT2D eigenvalue weighted by atomic mass is 9.95. The van der Waals surface area contributed by atoms with Crippen LogP contribution in [0.1, 0.15) is 11.6 Å². The van der Waals surface area contributed by atoms with Gasteiger partial charge in [0.15, 0.2) is 0 Å². The van der Waals surface area contributed by atoms with Crippen molar-refractivity contribution >= 4 is 11.9 Å². The minimum atomic E-state index is -0.405. The highest BCUT2D eigenvalue weighted by molar-refractivity contribution is 6.01. The van der Waals surface area contributed by atoms with E-state index in [1.807, 2.05) is 35.2 Å². The summed E-state index contributed by atoms with van der Waals surface area (Å²) in [5.74, 6) is 0.0191. The molecule has 3 amide bonds. The molecule has 2 N–H and O–H groups in total. The second kappa shape index (κ2) is 8.16. The quantitative estimate of drug-likeness (QED) is 0.677. The van der Waals surface area contributed by atoms with Crippen LogP contribution in [0.2, 0.25) is 0 Å². The number of quaternary nitrogens is 1. The first-order valence-electron chi connectivity index (χ1n) is 9.86. The number of nitrogens with zero attached hydrogens (tertiary/aromatic N) is 2. The fraction of sp³-hybridized carbons (Fsp3) is 0.429. The van der Waals surface area contributed by atoms with Crippen molar-refractivity contribution in [3.8, 4) is 0 Å². The molecule has 0 radical (unpaired) electrons. The van der Waals surface area contributed by atoms with Gasteiger partial charge in [-0.2, -0.15) is 0 Å². The van der Waals surface area contributed by atoms with Crippen LogP contribution < -0.4 is 10.2 Å². The molecule has 4 rings (SSSR count). The molecule has 1 atom stereocenters. The zero-order valence-corrected chi connectivity index (χ0v) is 16.0. The number of nitrogens with one attached hydrogen (secondary N) is 2. The van der Waals surface area contributed by atoms with Crippen LogP contribution in [0, 0.1) is 0 Å². The van der Waals surface area contributed by atoms with Gasteiger partial charge in [0.1, 0.15) is 13.1 Å². The average molecular weight is 383 g/mol. The van der Waals surface area contributed by atoms with Gasteiger partial charge in [0.05, 0.1) is 50.2 Å². The third-order valence-electron chi connectivity index (χ3n) is 5.68. The Morgan fingerprint density at radius 1 is 1.21 bits per heavy atom. The Balaban J connectivity index is 1.57. The van der Waals surface area contributed by atoms with Crippen molar-refractivity contribution in [3.05, 3.63) is 59.8 Å². The maximum Gasteiger partial charge on any atom is 0.322 e. The lowest BCUT2D eigenvalue weighted by molar-refractivity contribution is -0.907. The summed E-state index contributed by atoms with van der Waals surface area (Å²) < 4.78 is 5.41. The second-order valence-electron chi connectivity index (χ2n) is 7.39. The summed E-state index contributed by atoms with van der Waals surface area (Å²) in [6.07, 6.45) is 1.69. The molecule has 0 bridgehead atoms. The highest BCUT2D eigenvalue weighted by Crippen LogP contribution is 2.35. The summed E-state index contributed by atoms with van der Waals surface area (Å²) in [6.45, 7) is 9.71. The van der Waals surface area contributed by atoms with Crippen LogP contribution >= 0.6 is 0 Å². The third kappa shape index (κ3) is 3.55. The molecule has 1 fully saturated rings. The molecule has 7 nitrogen and oxygen atoms in total. The molecule has 0 spiro atoms. The highest BCUT2D eigenvalue weighted by atomic mass is 16.5. The van der Waals surface area contributed by atoms with Crippen molar-refractivity contribution in [2.45, 2.75) is 6.04 Å². The number of carbonyl (C=O) groups is 2. The summed E-state index contributed by atoms with van der Waals surface area (Å²) in [5, 5.41) is 3.01. The van der Waals surface area contributed by atoms with E-state index in [0.717, 1.165) is 44.1 Å². The largest absolute Gasteiger partial charge is 0.370 e. The van der Waals surface area contributed by atoms with Crippen molar-refractivity contribution in [3.63, 3.8) is 0 Å². The fourth-order valence-electron chi connectivity index (χ4n) is 4.15. The SMILES string of the molecule is C=CCN1C(=O)N[C@@H](c2ccccc2)C2=C1CN(CC[NH+]1CCOCC1)C2=O. The molecule has 7 heteroatoms. The summed E-state index contributed by atoms with van der Waals surface area (Å²) in [7, 11) is 0. The summed E-state index contributed by atoms with van der Waals surface area (Å²) in [6, 6.07) is 9.10. The van der Waals surface area contributed by atoms with Crippen LogP contribution in [-0.4, -0.2) is 74.2 Å². The standard InChI is InChI=1S/C21H26N4O3/c1-2-8-25-17-15-24(10-9-23-11-13-28-14-12-23)20(26)18(17)19(22-21(25)27)16-6-4-3-5-7-16/h2-7,19H,1,8-15H2,(H,22,27)/p+1/t19-/m0/s1. The van der Waals surface area contributed by atoms with Crippen LogP contribution in [0.3, 0.4) is 0 Å². The third-order valence-corrected chi connectivity index (χ3v) is 5.68. The molecule has 148 valence electrons. The maximum absolute atomic E-state index is 13.3. The lowest BCUT2D eigenvalue weighted by Gasteiger charge is -2.33. The molecule has 3 heterocycles. The number of amides is 3. The fourth-order valence-corrected chi connectivity index (χ4v) is 4.15. The van der Waals surface area contributed by atoms with E-state index in [1.165, 1.54) is 4.90 Å². The van der Waals surface area contributed by atoms with E-state index in [0.29, 0.717) is 25.2 Å². The maximum atomic E-state index is 13.3. The van der Waals surface area contributed by atoms with Crippen molar-refractivity contribution in [1.29, 1.82) is 0 Å². The van der Waals surface area contributed by atoms with Crippen LogP contribution in [0.4, 0.5) is 4.79 Å². The minimum absolute atomic E-state index is 0.0191. The second-order valence-corrected chi connectivity index (χ2v) is 7.39. The van der Waals surface area contributed by atoms with E-state index in [9.17, 15) is 9.59 Å². The van der Waals surface area contributed by atoms with Crippen LogP contribution in [0.15, 0.2) is 54.3 Å². The first kappa shape index (κ1) is 18.7. The molecule has 1 saturated heterocycles. The Morgan fingerprint density at radius 3 is 2.68 bits per heavy atom. The Kier molecular flexibility index (Phi) is 5.45. The Labute approximate surface area is 165 Å². The zero-order valence-electron chi connectivity index (χ0n) is 16.0. The molecule has 1 aromatic carbocycles. The first-order chi connectivity index (χ1) is 13.7. The van der Waals surface area contributed by atoms with Crippen molar-refractivity contribution < 1.29 is 19.2 Å². The van der Waals surface area contributed by atoms with Gasteiger partial charge in [0.2, 0.25) is 0 Å². The molecule has 0 saturated carbocycles. The van der Waals surface area contributed by atoms with Gasteiger partial charge in [-0.1, -0.05) is 36.4 Å². The van der Waals surface area contributed by atoms with Gasteiger partial charge in [-0.15, -0.1) is 6.58 Å². The van der Waals surface area contributed by atoms with Gasteiger partial charge in [0, 0.05) is 6.54 Å². The number of ether oxygens (including phenoxy) is 1.